The number of hydrogen-bond acceptors (Lipinski definition) is 2. The molecule has 1 atom stereocenters. The lowest BCUT2D eigenvalue weighted by atomic mass is 10.1. The van der Waals surface area contributed by atoms with Gasteiger partial charge in [-0.3, -0.25) is 0 Å². The molecule has 3 aromatic rings. The highest BCUT2D eigenvalue weighted by Gasteiger charge is 2.10. The van der Waals surface area contributed by atoms with Gasteiger partial charge in [-0.05, 0) is 36.8 Å². The van der Waals surface area contributed by atoms with Crippen LogP contribution in [0.1, 0.15) is 24.2 Å². The van der Waals surface area contributed by atoms with E-state index in [1.54, 1.807) is 12.1 Å². The number of aromatic nitrogens is 2. The van der Waals surface area contributed by atoms with E-state index in [0.29, 0.717) is 22.5 Å². The second kappa shape index (κ2) is 8.73. The first kappa shape index (κ1) is 19.8. The highest BCUT2D eigenvalue weighted by molar-refractivity contribution is 14.0. The molecule has 132 valence electrons. The molecule has 25 heavy (non-hydrogen) atoms. The standard InChI is InChI=1S/C17H17Cl2N5.HI/c1-11(14-6-5-12(18)8-15(14)19)22-17(20)21-9-13-10-24-7-3-2-4-16(24)23-13;/h2-8,10-11H,9H2,1H3,(H3,20,21,22);1H. The third-order valence-electron chi connectivity index (χ3n) is 3.62. The van der Waals surface area contributed by atoms with E-state index in [0.717, 1.165) is 16.9 Å². The van der Waals surface area contributed by atoms with Crippen molar-refractivity contribution in [2.45, 2.75) is 19.5 Å². The molecule has 2 aromatic heterocycles. The van der Waals surface area contributed by atoms with E-state index in [2.05, 4.69) is 15.3 Å². The van der Waals surface area contributed by atoms with Gasteiger partial charge in [0, 0.05) is 22.4 Å². The zero-order chi connectivity index (χ0) is 17.1. The van der Waals surface area contributed by atoms with Crippen molar-refractivity contribution in [1.82, 2.24) is 14.7 Å². The average Bonchev–Trinajstić information content (AvgIpc) is 2.95. The highest BCUT2D eigenvalue weighted by Crippen LogP contribution is 2.25. The van der Waals surface area contributed by atoms with E-state index >= 15 is 0 Å². The Morgan fingerprint density at radius 1 is 1.32 bits per heavy atom. The van der Waals surface area contributed by atoms with Crippen molar-refractivity contribution in [2.24, 2.45) is 10.7 Å². The van der Waals surface area contributed by atoms with Crippen LogP contribution >= 0.6 is 47.2 Å². The maximum absolute atomic E-state index is 6.21. The number of halogens is 3. The lowest BCUT2D eigenvalue weighted by Gasteiger charge is -2.16. The van der Waals surface area contributed by atoms with Crippen molar-refractivity contribution in [1.29, 1.82) is 0 Å². The fourth-order valence-electron chi connectivity index (χ4n) is 2.43. The van der Waals surface area contributed by atoms with Gasteiger partial charge in [-0.15, -0.1) is 24.0 Å². The zero-order valence-corrected chi connectivity index (χ0v) is 17.3. The van der Waals surface area contributed by atoms with Crippen LogP contribution in [-0.4, -0.2) is 15.3 Å². The van der Waals surface area contributed by atoms with Crippen LogP contribution in [0.3, 0.4) is 0 Å². The van der Waals surface area contributed by atoms with Crippen LogP contribution in [0.5, 0.6) is 0 Å². The molecule has 0 saturated heterocycles. The number of fused-ring (bicyclic) bond motifs is 1. The van der Waals surface area contributed by atoms with Gasteiger partial charge in [-0.25, -0.2) is 9.98 Å². The van der Waals surface area contributed by atoms with Gasteiger partial charge in [0.15, 0.2) is 5.96 Å². The molecular weight excluding hydrogens is 472 g/mol. The number of nitrogens with zero attached hydrogens (tertiary/aromatic N) is 3. The van der Waals surface area contributed by atoms with Gasteiger partial charge in [-0.1, -0.05) is 35.3 Å². The predicted molar refractivity (Wildman–Crippen MR) is 114 cm³/mol. The van der Waals surface area contributed by atoms with Gasteiger partial charge in [0.05, 0.1) is 18.3 Å². The number of benzene rings is 1. The molecule has 8 heteroatoms. The summed E-state index contributed by atoms with van der Waals surface area (Å²) in [7, 11) is 0. The molecule has 2 heterocycles. The van der Waals surface area contributed by atoms with Crippen LogP contribution in [-0.2, 0) is 6.54 Å². The van der Waals surface area contributed by atoms with Crippen molar-refractivity contribution in [2.75, 3.05) is 0 Å². The molecular formula is C17H18Cl2IN5. The number of nitrogens with one attached hydrogen (secondary N) is 1. The van der Waals surface area contributed by atoms with E-state index in [9.17, 15) is 0 Å². The summed E-state index contributed by atoms with van der Waals surface area (Å²) in [6.07, 6.45) is 3.88. The smallest absolute Gasteiger partial charge is 0.189 e. The quantitative estimate of drug-likeness (QED) is 0.323. The van der Waals surface area contributed by atoms with Crippen LogP contribution in [0.2, 0.25) is 10.0 Å². The molecule has 0 fully saturated rings. The number of guanidine groups is 1. The maximum Gasteiger partial charge on any atom is 0.189 e. The largest absolute Gasteiger partial charge is 0.370 e. The van der Waals surface area contributed by atoms with Crippen LogP contribution in [0.15, 0.2) is 53.8 Å². The minimum absolute atomic E-state index is 0. The summed E-state index contributed by atoms with van der Waals surface area (Å²) in [5, 5.41) is 4.32. The fraction of sp³-hybridized carbons (Fsp3) is 0.176. The Hall–Kier alpha value is -1.51. The molecule has 0 saturated carbocycles. The van der Waals surface area contributed by atoms with Crippen LogP contribution in [0, 0.1) is 0 Å². The van der Waals surface area contributed by atoms with E-state index in [-0.39, 0.29) is 30.0 Å². The van der Waals surface area contributed by atoms with E-state index < -0.39 is 0 Å². The van der Waals surface area contributed by atoms with Gasteiger partial charge in [0.2, 0.25) is 0 Å². The molecule has 0 aliphatic carbocycles. The average molecular weight is 490 g/mol. The van der Waals surface area contributed by atoms with Gasteiger partial charge < -0.3 is 15.5 Å². The van der Waals surface area contributed by atoms with E-state index in [1.807, 2.05) is 48.0 Å². The lowest BCUT2D eigenvalue weighted by molar-refractivity contribution is 0.707. The molecule has 5 nitrogen and oxygen atoms in total. The second-order valence-corrected chi connectivity index (χ2v) is 6.28. The summed E-state index contributed by atoms with van der Waals surface area (Å²) in [4.78, 5) is 8.82. The first-order valence-corrected chi connectivity index (χ1v) is 8.22. The van der Waals surface area contributed by atoms with Crippen molar-refractivity contribution < 1.29 is 0 Å². The second-order valence-electron chi connectivity index (χ2n) is 5.43. The monoisotopic (exact) mass is 489 g/mol. The number of imidazole rings is 1. The molecule has 0 aliphatic heterocycles. The molecule has 3 N–H and O–H groups in total. The number of pyridine rings is 1. The summed E-state index contributed by atoms with van der Waals surface area (Å²) < 4.78 is 1.95. The Labute approximate surface area is 173 Å². The summed E-state index contributed by atoms with van der Waals surface area (Å²) in [6.45, 7) is 2.37. The summed E-state index contributed by atoms with van der Waals surface area (Å²) in [5.41, 5.74) is 8.61. The van der Waals surface area contributed by atoms with Crippen molar-refractivity contribution in [3.8, 4) is 0 Å². The minimum atomic E-state index is -0.0837. The Morgan fingerprint density at radius 3 is 2.84 bits per heavy atom. The topological polar surface area (TPSA) is 67.7 Å². The van der Waals surface area contributed by atoms with E-state index in [4.69, 9.17) is 28.9 Å². The van der Waals surface area contributed by atoms with Crippen LogP contribution < -0.4 is 11.1 Å². The third-order valence-corrected chi connectivity index (χ3v) is 4.18. The molecule has 0 spiro atoms. The van der Waals surface area contributed by atoms with Crippen molar-refractivity contribution >= 4 is 58.8 Å². The fourth-order valence-corrected chi connectivity index (χ4v) is 3.00. The Morgan fingerprint density at radius 2 is 2.12 bits per heavy atom. The van der Waals surface area contributed by atoms with Gasteiger partial charge in [0.1, 0.15) is 5.65 Å². The number of aliphatic imine (C=N–C) groups is 1. The number of hydrogen-bond donors (Lipinski definition) is 2. The highest BCUT2D eigenvalue weighted by atomic mass is 127. The Balaban J connectivity index is 0.00000225. The Kier molecular flexibility index (Phi) is 6.92. The summed E-state index contributed by atoms with van der Waals surface area (Å²) in [5.74, 6) is 0.338. The summed E-state index contributed by atoms with van der Waals surface area (Å²) in [6, 6.07) is 11.1. The number of rotatable bonds is 4. The van der Waals surface area contributed by atoms with Gasteiger partial charge >= 0.3 is 0 Å². The van der Waals surface area contributed by atoms with Crippen LogP contribution in [0.25, 0.3) is 5.65 Å². The molecule has 0 amide bonds. The molecule has 1 aromatic carbocycles. The molecule has 3 rings (SSSR count). The Bertz CT molecular complexity index is 861. The van der Waals surface area contributed by atoms with Gasteiger partial charge in [-0.2, -0.15) is 0 Å². The molecule has 0 aliphatic rings. The number of nitrogens with two attached hydrogens (primary N) is 1. The third kappa shape index (κ3) is 4.99. The minimum Gasteiger partial charge on any atom is -0.370 e. The first-order chi connectivity index (χ1) is 11.5. The molecule has 0 bridgehead atoms. The van der Waals surface area contributed by atoms with E-state index in [1.165, 1.54) is 0 Å². The normalized spacial score (nSPS) is 12.7. The molecule has 0 radical (unpaired) electrons. The lowest BCUT2D eigenvalue weighted by Crippen LogP contribution is -2.34. The SMILES string of the molecule is CC(NC(N)=NCc1cn2ccccc2n1)c1ccc(Cl)cc1Cl.I. The zero-order valence-electron chi connectivity index (χ0n) is 13.5. The first-order valence-electron chi connectivity index (χ1n) is 7.47. The predicted octanol–water partition coefficient (Wildman–Crippen LogP) is 4.42. The maximum atomic E-state index is 6.21. The van der Waals surface area contributed by atoms with Crippen LogP contribution in [0.4, 0.5) is 0 Å². The van der Waals surface area contributed by atoms with Crippen molar-refractivity contribution in [3.05, 3.63) is 70.1 Å². The molecule has 1 unspecified atom stereocenters. The van der Waals surface area contributed by atoms with Crippen molar-refractivity contribution in [3.63, 3.8) is 0 Å². The summed E-state index contributed by atoms with van der Waals surface area (Å²) >= 11 is 12.1. The van der Waals surface area contributed by atoms with Gasteiger partial charge in [0.25, 0.3) is 0 Å².